The Bertz CT molecular complexity index is 367. The number of diazo groups is 1. The van der Waals surface area contributed by atoms with Crippen LogP contribution < -0.4 is 0 Å². The van der Waals surface area contributed by atoms with E-state index in [0.717, 1.165) is 6.07 Å². The summed E-state index contributed by atoms with van der Waals surface area (Å²) in [5.74, 6) is 0. The fourth-order valence-corrected chi connectivity index (χ4v) is 1.02. The van der Waals surface area contributed by atoms with Crippen molar-refractivity contribution in [1.82, 2.24) is 0 Å². The molecule has 13 heavy (non-hydrogen) atoms. The molecule has 0 bridgehead atoms. The second kappa shape index (κ2) is 3.23. The van der Waals surface area contributed by atoms with E-state index < -0.39 is 16.8 Å². The third-order valence-corrected chi connectivity index (χ3v) is 1.70. The van der Waals surface area contributed by atoms with Gasteiger partial charge in [0.1, 0.15) is 0 Å². The maximum atomic E-state index is 12.2. The van der Waals surface area contributed by atoms with Crippen LogP contribution in [-0.4, -0.2) is 0 Å². The van der Waals surface area contributed by atoms with Gasteiger partial charge in [0.2, 0.25) is 5.39 Å². The zero-order valence-electron chi connectivity index (χ0n) is 6.14. The van der Waals surface area contributed by atoms with Gasteiger partial charge < -0.3 is 0 Å². The van der Waals surface area contributed by atoms with E-state index in [0.29, 0.717) is 6.07 Å². The molecular formula is C7H3ClF3N2+. The standard InChI is InChI=1S/C7H3ClF3N2/c8-6-2-1-4(13-12)3-5(6)7(9,10)11/h1-3H/q+1. The van der Waals surface area contributed by atoms with Crippen LogP contribution >= 0.6 is 11.6 Å². The van der Waals surface area contributed by atoms with E-state index in [9.17, 15) is 13.2 Å². The van der Waals surface area contributed by atoms with Crippen molar-refractivity contribution in [2.24, 2.45) is 0 Å². The minimum absolute atomic E-state index is 0.184. The van der Waals surface area contributed by atoms with Gasteiger partial charge in [0.25, 0.3) is 0 Å². The molecule has 0 saturated heterocycles. The normalized spacial score (nSPS) is 11.0. The predicted molar refractivity (Wildman–Crippen MR) is 41.2 cm³/mol. The first-order valence-electron chi connectivity index (χ1n) is 3.17. The zero-order valence-corrected chi connectivity index (χ0v) is 6.89. The molecule has 0 aliphatic carbocycles. The molecule has 68 valence electrons. The van der Waals surface area contributed by atoms with E-state index >= 15 is 0 Å². The molecule has 2 nitrogen and oxygen atoms in total. The maximum Gasteiger partial charge on any atom is 0.418 e. The molecular weight excluding hydrogens is 205 g/mol. The van der Waals surface area contributed by atoms with E-state index in [1.54, 1.807) is 0 Å². The summed E-state index contributed by atoms with van der Waals surface area (Å²) in [5, 5.41) is 7.82. The van der Waals surface area contributed by atoms with Crippen LogP contribution in [0, 0.1) is 5.39 Å². The van der Waals surface area contributed by atoms with Gasteiger partial charge in [0, 0.05) is 12.1 Å². The summed E-state index contributed by atoms with van der Waals surface area (Å²) >= 11 is 5.29. The lowest BCUT2D eigenvalue weighted by Gasteiger charge is -2.05. The Morgan fingerprint density at radius 3 is 2.38 bits per heavy atom. The lowest BCUT2D eigenvalue weighted by molar-refractivity contribution is -0.137. The zero-order chi connectivity index (χ0) is 10.1. The van der Waals surface area contributed by atoms with Crippen molar-refractivity contribution in [3.8, 4) is 0 Å². The fourth-order valence-electron chi connectivity index (χ4n) is 0.793. The van der Waals surface area contributed by atoms with Crippen molar-refractivity contribution in [2.45, 2.75) is 6.18 Å². The number of hydrogen-bond acceptors (Lipinski definition) is 1. The summed E-state index contributed by atoms with van der Waals surface area (Å²) in [6.45, 7) is 0. The highest BCUT2D eigenvalue weighted by molar-refractivity contribution is 6.31. The van der Waals surface area contributed by atoms with Crippen molar-refractivity contribution in [1.29, 1.82) is 5.39 Å². The Balaban J connectivity index is 3.29. The molecule has 0 fully saturated rings. The summed E-state index contributed by atoms with van der Waals surface area (Å²) in [6, 6.07) is 2.87. The van der Waals surface area contributed by atoms with Crippen LogP contribution in [0.25, 0.3) is 4.98 Å². The number of rotatable bonds is 0. The van der Waals surface area contributed by atoms with Crippen molar-refractivity contribution >= 4 is 17.3 Å². The molecule has 6 heteroatoms. The minimum Gasteiger partial charge on any atom is -0.166 e. The first-order valence-corrected chi connectivity index (χ1v) is 3.55. The molecule has 1 aromatic rings. The highest BCUT2D eigenvalue weighted by Gasteiger charge is 2.34. The summed E-state index contributed by atoms with van der Waals surface area (Å²) in [6.07, 6.45) is -4.53. The predicted octanol–water partition coefficient (Wildman–Crippen LogP) is 3.84. The fraction of sp³-hybridized carbons (Fsp3) is 0.143. The van der Waals surface area contributed by atoms with E-state index in [1.807, 2.05) is 0 Å². The largest absolute Gasteiger partial charge is 0.418 e. The Labute approximate surface area is 76.6 Å². The van der Waals surface area contributed by atoms with Crippen molar-refractivity contribution < 1.29 is 13.2 Å². The van der Waals surface area contributed by atoms with Crippen molar-refractivity contribution in [3.05, 3.63) is 33.8 Å². The molecule has 1 aromatic carbocycles. The van der Waals surface area contributed by atoms with Gasteiger partial charge in [-0.3, -0.25) is 0 Å². The molecule has 0 radical (unpaired) electrons. The van der Waals surface area contributed by atoms with E-state index in [4.69, 9.17) is 17.0 Å². The summed E-state index contributed by atoms with van der Waals surface area (Å²) in [7, 11) is 0. The minimum atomic E-state index is -4.53. The molecule has 0 aliphatic heterocycles. The first kappa shape index (κ1) is 9.81. The molecule has 0 N–H and O–H groups in total. The topological polar surface area (TPSA) is 28.1 Å². The van der Waals surface area contributed by atoms with Gasteiger partial charge >= 0.3 is 11.9 Å². The van der Waals surface area contributed by atoms with Crippen LogP contribution in [0.5, 0.6) is 0 Å². The SMILES string of the molecule is N#[N+]c1ccc(Cl)c(C(F)(F)F)c1. The Hall–Kier alpha value is -1.28. The van der Waals surface area contributed by atoms with Crippen LogP contribution in [0.15, 0.2) is 18.2 Å². The summed E-state index contributed by atoms with van der Waals surface area (Å²) in [4.78, 5) is 2.63. The first-order chi connectivity index (χ1) is 5.95. The average molecular weight is 208 g/mol. The average Bonchev–Trinajstić information content (AvgIpc) is 2.03. The molecule has 0 unspecified atom stereocenters. The van der Waals surface area contributed by atoms with Crippen LogP contribution in [0.2, 0.25) is 5.02 Å². The summed E-state index contributed by atoms with van der Waals surface area (Å²) < 4.78 is 36.5. The molecule has 0 aromatic heterocycles. The Morgan fingerprint density at radius 2 is 1.92 bits per heavy atom. The van der Waals surface area contributed by atoms with Gasteiger partial charge in [0.15, 0.2) is 4.98 Å². The van der Waals surface area contributed by atoms with Crippen LogP contribution in [0.1, 0.15) is 5.56 Å². The van der Waals surface area contributed by atoms with E-state index in [1.165, 1.54) is 6.07 Å². The van der Waals surface area contributed by atoms with Crippen molar-refractivity contribution in [2.75, 3.05) is 0 Å². The van der Waals surface area contributed by atoms with Gasteiger partial charge in [-0.2, -0.15) is 13.2 Å². The summed E-state index contributed by atoms with van der Waals surface area (Å²) in [5.41, 5.74) is -1.19. The number of alkyl halides is 3. The monoisotopic (exact) mass is 207 g/mol. The lowest BCUT2D eigenvalue weighted by atomic mass is 10.2. The smallest absolute Gasteiger partial charge is 0.166 e. The highest BCUT2D eigenvalue weighted by atomic mass is 35.5. The van der Waals surface area contributed by atoms with Gasteiger partial charge in [-0.15, -0.1) is 0 Å². The van der Waals surface area contributed by atoms with Gasteiger partial charge in [0.05, 0.1) is 10.6 Å². The number of nitrogens with zero attached hydrogens (tertiary/aromatic N) is 2. The van der Waals surface area contributed by atoms with E-state index in [-0.39, 0.29) is 5.69 Å². The van der Waals surface area contributed by atoms with Gasteiger partial charge in [-0.1, -0.05) is 11.6 Å². The second-order valence-corrected chi connectivity index (χ2v) is 2.67. The number of benzene rings is 1. The molecule has 0 heterocycles. The Morgan fingerprint density at radius 1 is 1.31 bits per heavy atom. The quantitative estimate of drug-likeness (QED) is 0.594. The lowest BCUT2D eigenvalue weighted by Crippen LogP contribution is -2.05. The van der Waals surface area contributed by atoms with Crippen LogP contribution in [-0.2, 0) is 6.18 Å². The van der Waals surface area contributed by atoms with Gasteiger partial charge in [-0.05, 0) is 6.07 Å². The molecule has 0 saturated carbocycles. The third kappa shape index (κ3) is 2.10. The van der Waals surface area contributed by atoms with Crippen LogP contribution in [0.3, 0.4) is 0 Å². The highest BCUT2D eigenvalue weighted by Crippen LogP contribution is 2.36. The number of halogens is 4. The molecule has 1 rings (SSSR count). The number of hydrogen-bond donors (Lipinski definition) is 0. The Kier molecular flexibility index (Phi) is 2.43. The molecule has 0 aliphatic rings. The molecule has 0 spiro atoms. The van der Waals surface area contributed by atoms with Gasteiger partial charge in [-0.25, -0.2) is 0 Å². The molecule has 0 atom stereocenters. The second-order valence-electron chi connectivity index (χ2n) is 2.26. The van der Waals surface area contributed by atoms with E-state index in [2.05, 4.69) is 4.98 Å². The van der Waals surface area contributed by atoms with Crippen molar-refractivity contribution in [3.63, 3.8) is 0 Å². The third-order valence-electron chi connectivity index (χ3n) is 1.37. The maximum absolute atomic E-state index is 12.2. The van der Waals surface area contributed by atoms with Crippen LogP contribution in [0.4, 0.5) is 18.9 Å². The molecule has 0 amide bonds.